The molecule has 0 radical (unpaired) electrons. The summed E-state index contributed by atoms with van der Waals surface area (Å²) in [6.45, 7) is 4.52. The zero-order valence-corrected chi connectivity index (χ0v) is 14.7. The summed E-state index contributed by atoms with van der Waals surface area (Å²) in [5.41, 5.74) is 1.99. The molecule has 1 aromatic rings. The van der Waals surface area contributed by atoms with Crippen LogP contribution in [0.2, 0.25) is 0 Å². The molecule has 0 saturated carbocycles. The first-order chi connectivity index (χ1) is 10.3. The summed E-state index contributed by atoms with van der Waals surface area (Å²) < 4.78 is 0. The molecule has 1 aromatic heterocycles. The van der Waals surface area contributed by atoms with E-state index in [-0.39, 0.29) is 30.7 Å². The highest BCUT2D eigenvalue weighted by atomic mass is 35.5. The van der Waals surface area contributed by atoms with Crippen molar-refractivity contribution < 1.29 is 4.79 Å². The van der Waals surface area contributed by atoms with Gasteiger partial charge in [0.25, 0.3) is 5.91 Å². The number of nitrogens with zero attached hydrogens (tertiary/aromatic N) is 2. The van der Waals surface area contributed by atoms with Gasteiger partial charge in [0.15, 0.2) is 0 Å². The molecule has 128 valence electrons. The van der Waals surface area contributed by atoms with Crippen LogP contribution >= 0.6 is 24.8 Å². The summed E-state index contributed by atoms with van der Waals surface area (Å²) in [6, 6.07) is 3.70. The van der Waals surface area contributed by atoms with Crippen molar-refractivity contribution in [2.45, 2.75) is 19.3 Å². The molecule has 0 atom stereocenters. The number of hydrogen-bond donors (Lipinski definition) is 2. The fourth-order valence-electron chi connectivity index (χ4n) is 2.87. The maximum Gasteiger partial charge on any atom is 0.255 e. The first-order valence-corrected chi connectivity index (χ1v) is 7.71. The van der Waals surface area contributed by atoms with Gasteiger partial charge in [-0.1, -0.05) is 11.6 Å². The molecule has 5 nitrogen and oxygen atoms in total. The van der Waals surface area contributed by atoms with Crippen LogP contribution < -0.4 is 15.5 Å². The second-order valence-corrected chi connectivity index (χ2v) is 5.57. The van der Waals surface area contributed by atoms with E-state index in [9.17, 15) is 4.79 Å². The lowest BCUT2D eigenvalue weighted by atomic mass is 10.1. The van der Waals surface area contributed by atoms with Crippen molar-refractivity contribution in [1.82, 2.24) is 15.6 Å². The fraction of sp³-hybridized carbons (Fsp3) is 0.500. The van der Waals surface area contributed by atoms with E-state index in [1.807, 2.05) is 12.1 Å². The Morgan fingerprint density at radius 1 is 1.30 bits per heavy atom. The Labute approximate surface area is 149 Å². The molecule has 7 heteroatoms. The lowest BCUT2D eigenvalue weighted by molar-refractivity contribution is 0.0957. The maximum absolute atomic E-state index is 12.4. The monoisotopic (exact) mass is 358 g/mol. The summed E-state index contributed by atoms with van der Waals surface area (Å²) in [4.78, 5) is 19.1. The van der Waals surface area contributed by atoms with Crippen molar-refractivity contribution in [2.75, 3.05) is 37.6 Å². The molecule has 2 N–H and O–H groups in total. The van der Waals surface area contributed by atoms with Gasteiger partial charge in [-0.3, -0.25) is 4.79 Å². The second kappa shape index (κ2) is 9.75. The molecule has 0 bridgehead atoms. The normalized spacial score (nSPS) is 16.9. The predicted molar refractivity (Wildman–Crippen MR) is 98.1 cm³/mol. The van der Waals surface area contributed by atoms with Gasteiger partial charge in [-0.05, 0) is 37.9 Å². The molecule has 1 saturated heterocycles. The highest BCUT2D eigenvalue weighted by Crippen LogP contribution is 2.21. The Bertz CT molecular complexity index is 545. The van der Waals surface area contributed by atoms with Crippen LogP contribution in [0.5, 0.6) is 0 Å². The van der Waals surface area contributed by atoms with Crippen LogP contribution in [0.1, 0.15) is 29.6 Å². The van der Waals surface area contributed by atoms with Gasteiger partial charge in [0.2, 0.25) is 0 Å². The van der Waals surface area contributed by atoms with Crippen LogP contribution in [0.4, 0.5) is 5.82 Å². The average molecular weight is 359 g/mol. The van der Waals surface area contributed by atoms with Gasteiger partial charge >= 0.3 is 0 Å². The van der Waals surface area contributed by atoms with Crippen LogP contribution in [-0.2, 0) is 0 Å². The third kappa shape index (κ3) is 5.09. The SMILES string of the molecule is Cl.Cl.O=C(NCC1=CCNCC1)c1cccnc1N1CCCC1. The molecule has 3 heterocycles. The first kappa shape index (κ1) is 19.7. The first-order valence-electron chi connectivity index (χ1n) is 7.71. The molecular formula is C16H24Cl2N4O. The third-order valence-electron chi connectivity index (χ3n) is 4.07. The number of pyridine rings is 1. The smallest absolute Gasteiger partial charge is 0.255 e. The number of hydrogen-bond acceptors (Lipinski definition) is 4. The van der Waals surface area contributed by atoms with Gasteiger partial charge in [-0.15, -0.1) is 24.8 Å². The van der Waals surface area contributed by atoms with Crippen molar-refractivity contribution in [3.05, 3.63) is 35.5 Å². The Kier molecular flexibility index (Phi) is 8.37. The molecule has 3 rings (SSSR count). The zero-order chi connectivity index (χ0) is 14.5. The number of amides is 1. The maximum atomic E-state index is 12.4. The van der Waals surface area contributed by atoms with E-state index >= 15 is 0 Å². The Morgan fingerprint density at radius 2 is 2.09 bits per heavy atom. The van der Waals surface area contributed by atoms with E-state index < -0.39 is 0 Å². The number of halogens is 2. The van der Waals surface area contributed by atoms with E-state index in [0.29, 0.717) is 12.1 Å². The number of rotatable bonds is 4. The molecule has 1 amide bonds. The topological polar surface area (TPSA) is 57.3 Å². The molecule has 0 aliphatic carbocycles. The minimum Gasteiger partial charge on any atom is -0.356 e. The van der Waals surface area contributed by atoms with Crippen molar-refractivity contribution >= 4 is 36.5 Å². The summed E-state index contributed by atoms with van der Waals surface area (Å²) in [5, 5.41) is 6.31. The molecular weight excluding hydrogens is 335 g/mol. The van der Waals surface area contributed by atoms with Gasteiger partial charge < -0.3 is 15.5 Å². The molecule has 0 aromatic carbocycles. The van der Waals surface area contributed by atoms with Crippen LogP contribution in [-0.4, -0.2) is 43.6 Å². The van der Waals surface area contributed by atoms with Crippen LogP contribution in [0.25, 0.3) is 0 Å². The molecule has 23 heavy (non-hydrogen) atoms. The second-order valence-electron chi connectivity index (χ2n) is 5.57. The van der Waals surface area contributed by atoms with E-state index in [2.05, 4.69) is 26.6 Å². The quantitative estimate of drug-likeness (QED) is 0.809. The largest absolute Gasteiger partial charge is 0.356 e. The number of anilines is 1. The van der Waals surface area contributed by atoms with Crippen LogP contribution in [0, 0.1) is 0 Å². The van der Waals surface area contributed by atoms with E-state index in [1.165, 1.54) is 18.4 Å². The summed E-state index contributed by atoms with van der Waals surface area (Å²) in [6.07, 6.45) is 7.29. The molecule has 0 spiro atoms. The van der Waals surface area contributed by atoms with Crippen LogP contribution in [0.3, 0.4) is 0 Å². The molecule has 1 fully saturated rings. The standard InChI is InChI=1S/C16H22N4O.2ClH/c21-16(19-12-13-5-8-17-9-6-13)14-4-3-7-18-15(14)20-10-1-2-11-20;;/h3-5,7,17H,1-2,6,8-12H2,(H,19,21);2*1H. The van der Waals surface area contributed by atoms with Gasteiger partial charge in [0.05, 0.1) is 5.56 Å². The van der Waals surface area contributed by atoms with Gasteiger partial charge in [0.1, 0.15) is 5.82 Å². The lowest BCUT2D eigenvalue weighted by Crippen LogP contribution is -2.31. The lowest BCUT2D eigenvalue weighted by Gasteiger charge is -2.20. The fourth-order valence-corrected chi connectivity index (χ4v) is 2.87. The summed E-state index contributed by atoms with van der Waals surface area (Å²) in [5.74, 6) is 0.802. The van der Waals surface area contributed by atoms with Crippen molar-refractivity contribution in [1.29, 1.82) is 0 Å². The minimum atomic E-state index is -0.0237. The minimum absolute atomic E-state index is 0. The van der Waals surface area contributed by atoms with Crippen molar-refractivity contribution in [3.8, 4) is 0 Å². The van der Waals surface area contributed by atoms with Gasteiger partial charge in [0, 0.05) is 32.4 Å². The zero-order valence-electron chi connectivity index (χ0n) is 13.1. The summed E-state index contributed by atoms with van der Waals surface area (Å²) in [7, 11) is 0. The Balaban J connectivity index is 0.00000132. The predicted octanol–water partition coefficient (Wildman–Crippen LogP) is 2.17. The molecule has 2 aliphatic heterocycles. The van der Waals surface area contributed by atoms with E-state index in [4.69, 9.17) is 0 Å². The molecule has 0 unspecified atom stereocenters. The number of carbonyl (C=O) groups is 1. The Morgan fingerprint density at radius 3 is 2.78 bits per heavy atom. The average Bonchev–Trinajstić information content (AvgIpc) is 3.08. The highest BCUT2D eigenvalue weighted by Gasteiger charge is 2.20. The third-order valence-corrected chi connectivity index (χ3v) is 4.07. The Hall–Kier alpha value is -1.30. The van der Waals surface area contributed by atoms with E-state index in [1.54, 1.807) is 6.20 Å². The van der Waals surface area contributed by atoms with Crippen molar-refractivity contribution in [3.63, 3.8) is 0 Å². The van der Waals surface area contributed by atoms with Gasteiger partial charge in [-0.2, -0.15) is 0 Å². The number of nitrogens with one attached hydrogen (secondary N) is 2. The van der Waals surface area contributed by atoms with Crippen molar-refractivity contribution in [2.24, 2.45) is 0 Å². The highest BCUT2D eigenvalue weighted by molar-refractivity contribution is 5.99. The van der Waals surface area contributed by atoms with E-state index in [0.717, 1.165) is 38.4 Å². The summed E-state index contributed by atoms with van der Waals surface area (Å²) >= 11 is 0. The van der Waals surface area contributed by atoms with Gasteiger partial charge in [-0.25, -0.2) is 4.98 Å². The van der Waals surface area contributed by atoms with Crippen LogP contribution in [0.15, 0.2) is 30.0 Å². The number of carbonyl (C=O) groups excluding carboxylic acids is 1. The molecule has 2 aliphatic rings. The number of aromatic nitrogens is 1.